The lowest BCUT2D eigenvalue weighted by Crippen LogP contribution is -1.82. The van der Waals surface area contributed by atoms with Crippen LogP contribution in [0.4, 0.5) is 0 Å². The third kappa shape index (κ3) is 3.80. The van der Waals surface area contributed by atoms with Crippen LogP contribution in [-0.4, -0.2) is 0 Å². The van der Waals surface area contributed by atoms with E-state index in [4.69, 9.17) is 0 Å². The highest BCUT2D eigenvalue weighted by molar-refractivity contribution is 5.36. The first-order valence-corrected chi connectivity index (χ1v) is 4.74. The molecule has 1 rings (SSSR count). The van der Waals surface area contributed by atoms with Crippen LogP contribution in [0.5, 0.6) is 0 Å². The molecular weight excluding hydrogens is 156 g/mol. The molecule has 0 nitrogen and oxygen atoms in total. The van der Waals surface area contributed by atoms with Gasteiger partial charge in [0, 0.05) is 12.0 Å². The summed E-state index contributed by atoms with van der Waals surface area (Å²) in [6, 6.07) is 8.32. The molecule has 68 valence electrons. The summed E-state index contributed by atoms with van der Waals surface area (Å²) in [5.41, 5.74) is 2.40. The quantitative estimate of drug-likeness (QED) is 0.570. The first-order chi connectivity index (χ1) is 6.18. The third-order valence-corrected chi connectivity index (χ3v) is 1.76. The SMILES string of the molecule is Cc1cccc(C#CCC(C)C)c1. The molecule has 0 aromatic heterocycles. The highest BCUT2D eigenvalue weighted by Gasteiger charge is 1.88. The second-order valence-electron chi connectivity index (χ2n) is 3.77. The maximum Gasteiger partial charge on any atom is 0.0247 e. The molecular formula is C13H16. The van der Waals surface area contributed by atoms with E-state index in [1.54, 1.807) is 0 Å². The first-order valence-electron chi connectivity index (χ1n) is 4.74. The van der Waals surface area contributed by atoms with Crippen LogP contribution in [0.15, 0.2) is 24.3 Å². The van der Waals surface area contributed by atoms with E-state index in [1.165, 1.54) is 5.56 Å². The second kappa shape index (κ2) is 4.72. The van der Waals surface area contributed by atoms with Gasteiger partial charge < -0.3 is 0 Å². The molecule has 0 radical (unpaired) electrons. The predicted molar refractivity (Wildman–Crippen MR) is 57.5 cm³/mol. The summed E-state index contributed by atoms with van der Waals surface area (Å²) >= 11 is 0. The number of hydrogen-bond donors (Lipinski definition) is 0. The monoisotopic (exact) mass is 172 g/mol. The van der Waals surface area contributed by atoms with Crippen molar-refractivity contribution in [2.75, 3.05) is 0 Å². The average Bonchev–Trinajstić information content (AvgIpc) is 2.03. The number of rotatable bonds is 1. The topological polar surface area (TPSA) is 0 Å². The van der Waals surface area contributed by atoms with Crippen LogP contribution < -0.4 is 0 Å². The zero-order valence-corrected chi connectivity index (χ0v) is 8.59. The van der Waals surface area contributed by atoms with Crippen molar-refractivity contribution in [1.82, 2.24) is 0 Å². The van der Waals surface area contributed by atoms with E-state index < -0.39 is 0 Å². The Balaban J connectivity index is 2.66. The summed E-state index contributed by atoms with van der Waals surface area (Å²) < 4.78 is 0. The van der Waals surface area contributed by atoms with Crippen LogP contribution in [0, 0.1) is 24.7 Å². The Morgan fingerprint density at radius 2 is 2.08 bits per heavy atom. The van der Waals surface area contributed by atoms with E-state index in [1.807, 2.05) is 0 Å². The molecule has 0 atom stereocenters. The van der Waals surface area contributed by atoms with Crippen LogP contribution >= 0.6 is 0 Å². The summed E-state index contributed by atoms with van der Waals surface area (Å²) in [6.45, 7) is 6.46. The minimum atomic E-state index is 0.664. The zero-order chi connectivity index (χ0) is 9.68. The predicted octanol–water partition coefficient (Wildman–Crippen LogP) is 3.39. The Kier molecular flexibility index (Phi) is 3.58. The van der Waals surface area contributed by atoms with Crippen molar-refractivity contribution in [2.45, 2.75) is 27.2 Å². The van der Waals surface area contributed by atoms with Crippen molar-refractivity contribution in [2.24, 2.45) is 5.92 Å². The Morgan fingerprint density at radius 1 is 1.31 bits per heavy atom. The molecule has 13 heavy (non-hydrogen) atoms. The molecule has 0 unspecified atom stereocenters. The normalized spacial score (nSPS) is 9.54. The van der Waals surface area contributed by atoms with Crippen LogP contribution in [0.25, 0.3) is 0 Å². The second-order valence-corrected chi connectivity index (χ2v) is 3.77. The first kappa shape index (κ1) is 9.86. The van der Waals surface area contributed by atoms with E-state index in [9.17, 15) is 0 Å². The zero-order valence-electron chi connectivity index (χ0n) is 8.59. The van der Waals surface area contributed by atoms with Crippen molar-refractivity contribution in [1.29, 1.82) is 0 Å². The molecule has 1 aromatic carbocycles. The highest BCUT2D eigenvalue weighted by Crippen LogP contribution is 2.02. The van der Waals surface area contributed by atoms with Gasteiger partial charge in [0.25, 0.3) is 0 Å². The van der Waals surface area contributed by atoms with E-state index in [-0.39, 0.29) is 0 Å². The van der Waals surface area contributed by atoms with Gasteiger partial charge in [0.1, 0.15) is 0 Å². The molecule has 0 spiro atoms. The smallest absolute Gasteiger partial charge is 0.0247 e. The maximum atomic E-state index is 3.18. The minimum absolute atomic E-state index is 0.664. The fraction of sp³-hybridized carbons (Fsp3) is 0.385. The minimum Gasteiger partial charge on any atom is -0.0976 e. The van der Waals surface area contributed by atoms with E-state index in [0.29, 0.717) is 5.92 Å². The van der Waals surface area contributed by atoms with Gasteiger partial charge >= 0.3 is 0 Å². The van der Waals surface area contributed by atoms with Crippen LogP contribution in [0.1, 0.15) is 31.4 Å². The lowest BCUT2D eigenvalue weighted by atomic mass is 10.1. The molecule has 0 heterocycles. The van der Waals surface area contributed by atoms with E-state index >= 15 is 0 Å². The van der Waals surface area contributed by atoms with Crippen LogP contribution in [-0.2, 0) is 0 Å². The molecule has 0 aliphatic carbocycles. The lowest BCUT2D eigenvalue weighted by Gasteiger charge is -1.94. The van der Waals surface area contributed by atoms with Gasteiger partial charge in [0.15, 0.2) is 0 Å². The molecule has 0 aliphatic rings. The third-order valence-electron chi connectivity index (χ3n) is 1.76. The maximum absolute atomic E-state index is 3.18. The number of benzene rings is 1. The van der Waals surface area contributed by atoms with E-state index in [0.717, 1.165) is 12.0 Å². The lowest BCUT2D eigenvalue weighted by molar-refractivity contribution is 0.676. The van der Waals surface area contributed by atoms with Crippen LogP contribution in [0.3, 0.4) is 0 Å². The summed E-state index contributed by atoms with van der Waals surface area (Å²) in [6.07, 6.45) is 0.980. The molecule has 0 saturated heterocycles. The van der Waals surface area contributed by atoms with Crippen molar-refractivity contribution >= 4 is 0 Å². The summed E-state index contributed by atoms with van der Waals surface area (Å²) in [7, 11) is 0. The van der Waals surface area contributed by atoms with Gasteiger partial charge in [-0.1, -0.05) is 37.8 Å². The molecule has 0 saturated carbocycles. The van der Waals surface area contributed by atoms with Crippen molar-refractivity contribution < 1.29 is 0 Å². The number of hydrogen-bond acceptors (Lipinski definition) is 0. The molecule has 0 amide bonds. The molecule has 0 N–H and O–H groups in total. The Hall–Kier alpha value is -1.22. The number of aryl methyl sites for hydroxylation is 1. The standard InChI is InChI=1S/C13H16/c1-11(2)6-4-8-13-9-5-7-12(3)10-13/h5,7,9-11H,6H2,1-3H3. The Morgan fingerprint density at radius 3 is 2.69 bits per heavy atom. The largest absolute Gasteiger partial charge is 0.0976 e. The summed E-state index contributed by atoms with van der Waals surface area (Å²) in [5, 5.41) is 0. The van der Waals surface area contributed by atoms with Gasteiger partial charge in [-0.25, -0.2) is 0 Å². The Labute approximate surface area is 81.0 Å². The fourth-order valence-electron chi connectivity index (χ4n) is 1.08. The van der Waals surface area contributed by atoms with Gasteiger partial charge in [-0.05, 0) is 30.5 Å². The van der Waals surface area contributed by atoms with Gasteiger partial charge in [-0.2, -0.15) is 0 Å². The molecule has 0 heteroatoms. The van der Waals surface area contributed by atoms with Gasteiger partial charge in [0.2, 0.25) is 0 Å². The molecule has 1 aromatic rings. The molecule has 0 fully saturated rings. The van der Waals surface area contributed by atoms with Crippen LogP contribution in [0.2, 0.25) is 0 Å². The van der Waals surface area contributed by atoms with Crippen molar-refractivity contribution in [3.05, 3.63) is 35.4 Å². The van der Waals surface area contributed by atoms with Gasteiger partial charge in [0.05, 0.1) is 0 Å². The molecule has 0 aliphatic heterocycles. The fourth-order valence-corrected chi connectivity index (χ4v) is 1.08. The molecule has 0 bridgehead atoms. The highest BCUT2D eigenvalue weighted by atomic mass is 13.9. The van der Waals surface area contributed by atoms with Gasteiger partial charge in [-0.15, -0.1) is 0 Å². The van der Waals surface area contributed by atoms with Crippen molar-refractivity contribution in [3.8, 4) is 11.8 Å². The Bertz CT molecular complexity index is 323. The van der Waals surface area contributed by atoms with Gasteiger partial charge in [-0.3, -0.25) is 0 Å². The summed E-state index contributed by atoms with van der Waals surface area (Å²) in [5.74, 6) is 7.01. The summed E-state index contributed by atoms with van der Waals surface area (Å²) in [4.78, 5) is 0. The average molecular weight is 172 g/mol. The van der Waals surface area contributed by atoms with Crippen molar-refractivity contribution in [3.63, 3.8) is 0 Å². The van der Waals surface area contributed by atoms with E-state index in [2.05, 4.69) is 56.9 Å².